The van der Waals surface area contributed by atoms with Crippen molar-refractivity contribution in [3.05, 3.63) is 71.4 Å². The standard InChI is InChI=1S/C27H35NSi/c1-19-14-26(29(7)8)24(21-12-10-9-11-13-21)16-23(19)25-15-22(17-27(3,4)5)20(2)18-28(25)6/h9-16,18H,17H2,1-8H3/q+1/i2D3,17D2. The number of nitrogens with zero attached hydrogens (tertiary/aromatic N) is 1. The van der Waals surface area contributed by atoms with Crippen molar-refractivity contribution < 1.29 is 11.4 Å². The van der Waals surface area contributed by atoms with Gasteiger partial charge in [-0.15, -0.1) is 0 Å². The summed E-state index contributed by atoms with van der Waals surface area (Å²) in [6.07, 6.45) is -0.246. The predicted molar refractivity (Wildman–Crippen MR) is 128 cm³/mol. The van der Waals surface area contributed by atoms with E-state index < -0.39 is 27.4 Å². The summed E-state index contributed by atoms with van der Waals surface area (Å²) in [4.78, 5) is 0. The van der Waals surface area contributed by atoms with E-state index >= 15 is 0 Å². The molecule has 1 radical (unpaired) electrons. The Hall–Kier alpha value is -2.19. The van der Waals surface area contributed by atoms with Crippen molar-refractivity contribution in [3.63, 3.8) is 0 Å². The highest BCUT2D eigenvalue weighted by molar-refractivity contribution is 6.72. The van der Waals surface area contributed by atoms with E-state index in [1.165, 1.54) is 10.8 Å². The molecule has 2 aromatic carbocycles. The fourth-order valence-corrected chi connectivity index (χ4v) is 4.94. The van der Waals surface area contributed by atoms with Crippen LogP contribution in [-0.4, -0.2) is 8.80 Å². The van der Waals surface area contributed by atoms with Crippen LogP contribution in [0, 0.1) is 19.2 Å². The zero-order chi connectivity index (χ0) is 25.6. The van der Waals surface area contributed by atoms with Gasteiger partial charge in [-0.05, 0) is 53.9 Å². The van der Waals surface area contributed by atoms with Crippen LogP contribution in [0.2, 0.25) is 13.1 Å². The zero-order valence-electron chi connectivity index (χ0n) is 23.6. The summed E-state index contributed by atoms with van der Waals surface area (Å²) >= 11 is 0. The predicted octanol–water partition coefficient (Wildman–Crippen LogP) is 6.01. The molecule has 3 aromatic rings. The third-order valence-corrected chi connectivity index (χ3v) is 6.54. The Labute approximate surface area is 186 Å². The van der Waals surface area contributed by atoms with Crippen molar-refractivity contribution in [1.82, 2.24) is 0 Å². The maximum atomic E-state index is 8.90. The van der Waals surface area contributed by atoms with E-state index in [1.54, 1.807) is 12.3 Å². The fraction of sp³-hybridized carbons (Fsp3) is 0.370. The van der Waals surface area contributed by atoms with Crippen LogP contribution in [-0.2, 0) is 13.4 Å². The Bertz CT molecular complexity index is 1190. The van der Waals surface area contributed by atoms with Crippen molar-refractivity contribution >= 4 is 14.0 Å². The van der Waals surface area contributed by atoms with E-state index in [0.717, 1.165) is 22.4 Å². The van der Waals surface area contributed by atoms with E-state index in [9.17, 15) is 0 Å². The lowest BCUT2D eigenvalue weighted by atomic mass is 9.86. The van der Waals surface area contributed by atoms with Gasteiger partial charge in [-0.2, -0.15) is 0 Å². The molecule has 0 unspecified atom stereocenters. The molecule has 0 saturated carbocycles. The van der Waals surface area contributed by atoms with Crippen LogP contribution in [0.5, 0.6) is 0 Å². The third kappa shape index (κ3) is 4.87. The Morgan fingerprint density at radius 3 is 2.28 bits per heavy atom. The first-order valence-electron chi connectivity index (χ1n) is 12.6. The van der Waals surface area contributed by atoms with Gasteiger partial charge in [0.15, 0.2) is 6.20 Å². The van der Waals surface area contributed by atoms with E-state index in [1.807, 2.05) is 50.6 Å². The lowest BCUT2D eigenvalue weighted by Crippen LogP contribution is -2.33. The van der Waals surface area contributed by atoms with Gasteiger partial charge in [-0.1, -0.05) is 75.5 Å². The van der Waals surface area contributed by atoms with E-state index in [4.69, 9.17) is 6.85 Å². The molecule has 29 heavy (non-hydrogen) atoms. The second-order valence-electron chi connectivity index (χ2n) is 9.05. The Morgan fingerprint density at radius 1 is 1.00 bits per heavy atom. The first-order valence-corrected chi connectivity index (χ1v) is 12.6. The minimum absolute atomic E-state index is 0.0591. The number of hydrogen-bond donors (Lipinski definition) is 0. The average Bonchev–Trinajstić information content (AvgIpc) is 2.72. The second kappa shape index (κ2) is 8.28. The van der Waals surface area contributed by atoms with Crippen molar-refractivity contribution in [2.75, 3.05) is 0 Å². The highest BCUT2D eigenvalue weighted by Crippen LogP contribution is 2.30. The van der Waals surface area contributed by atoms with Crippen molar-refractivity contribution in [2.45, 2.75) is 54.0 Å². The van der Waals surface area contributed by atoms with E-state index in [-0.39, 0.29) is 11.1 Å². The van der Waals surface area contributed by atoms with Crippen LogP contribution in [0.1, 0.15) is 44.3 Å². The summed E-state index contributed by atoms with van der Waals surface area (Å²) in [7, 11) is 1.10. The van der Waals surface area contributed by atoms with Crippen LogP contribution >= 0.6 is 0 Å². The highest BCUT2D eigenvalue weighted by Gasteiger charge is 2.22. The van der Waals surface area contributed by atoms with Crippen molar-refractivity contribution in [1.29, 1.82) is 0 Å². The van der Waals surface area contributed by atoms with Crippen LogP contribution in [0.15, 0.2) is 54.7 Å². The minimum atomic E-state index is -2.42. The quantitative estimate of drug-likeness (QED) is 0.369. The first-order chi connectivity index (χ1) is 15.6. The molecule has 0 saturated heterocycles. The molecule has 0 aliphatic carbocycles. The molecule has 0 aliphatic heterocycles. The van der Waals surface area contributed by atoms with Gasteiger partial charge >= 0.3 is 0 Å². The summed E-state index contributed by atoms with van der Waals surface area (Å²) in [5.41, 5.74) is 4.73. The summed E-state index contributed by atoms with van der Waals surface area (Å²) in [5, 5.41) is 1.35. The summed E-state index contributed by atoms with van der Waals surface area (Å²) in [5.74, 6) is 0. The van der Waals surface area contributed by atoms with E-state index in [0.29, 0.717) is 0 Å². The second-order valence-corrected chi connectivity index (χ2v) is 11.6. The number of pyridine rings is 1. The minimum Gasteiger partial charge on any atom is -0.201 e. The van der Waals surface area contributed by atoms with Gasteiger partial charge in [0.05, 0.1) is 8.80 Å². The van der Waals surface area contributed by atoms with Gasteiger partial charge in [0.2, 0.25) is 5.69 Å². The number of aromatic nitrogens is 1. The molecule has 3 rings (SSSR count). The lowest BCUT2D eigenvalue weighted by molar-refractivity contribution is -0.660. The molecule has 0 spiro atoms. The number of hydrogen-bond acceptors (Lipinski definition) is 0. The molecule has 1 nitrogen and oxygen atoms in total. The normalized spacial score (nSPS) is 15.4. The maximum absolute atomic E-state index is 8.90. The van der Waals surface area contributed by atoms with Gasteiger partial charge in [-0.3, -0.25) is 0 Å². The van der Waals surface area contributed by atoms with Crippen LogP contribution in [0.3, 0.4) is 0 Å². The molecule has 0 aliphatic rings. The van der Waals surface area contributed by atoms with Gasteiger partial charge in [0.25, 0.3) is 0 Å². The molecule has 151 valence electrons. The Kier molecular flexibility index (Phi) is 4.46. The highest BCUT2D eigenvalue weighted by atomic mass is 28.3. The van der Waals surface area contributed by atoms with Crippen molar-refractivity contribution in [2.24, 2.45) is 12.5 Å². The summed E-state index contributed by atoms with van der Waals surface area (Å²) in [6, 6.07) is 16.5. The summed E-state index contributed by atoms with van der Waals surface area (Å²) < 4.78 is 43.9. The summed E-state index contributed by atoms with van der Waals surface area (Å²) in [6.45, 7) is 9.65. The van der Waals surface area contributed by atoms with Crippen molar-refractivity contribution in [3.8, 4) is 22.4 Å². The fourth-order valence-electron chi connectivity index (χ4n) is 3.68. The molecule has 0 fully saturated rings. The molecule has 0 atom stereocenters. The number of rotatable bonds is 4. The SMILES string of the molecule is [2H]C([2H])([2H])c1c[n+](C)c(-c2cc(-c3ccccc3)c([Si](C)C)cc2C)cc1C([2H])([2H])C(C)(C)C. The Balaban J connectivity index is 2.37. The zero-order valence-corrected chi connectivity index (χ0v) is 19.6. The molecule has 0 bridgehead atoms. The topological polar surface area (TPSA) is 3.88 Å². The first kappa shape index (κ1) is 15.6. The lowest BCUT2D eigenvalue weighted by Gasteiger charge is -2.20. The molecule has 0 N–H and O–H groups in total. The maximum Gasteiger partial charge on any atom is 0.212 e. The number of benzene rings is 2. The van der Waals surface area contributed by atoms with Crippen LogP contribution in [0.4, 0.5) is 0 Å². The monoisotopic (exact) mass is 406 g/mol. The average molecular weight is 407 g/mol. The smallest absolute Gasteiger partial charge is 0.201 e. The molecule has 2 heteroatoms. The Morgan fingerprint density at radius 2 is 1.69 bits per heavy atom. The number of aryl methyl sites for hydroxylation is 3. The van der Waals surface area contributed by atoms with Gasteiger partial charge < -0.3 is 0 Å². The molecular weight excluding hydrogens is 366 g/mol. The van der Waals surface area contributed by atoms with Crippen LogP contribution < -0.4 is 9.75 Å². The van der Waals surface area contributed by atoms with Gasteiger partial charge in [0.1, 0.15) is 7.05 Å². The van der Waals surface area contributed by atoms with Gasteiger partial charge in [-0.25, -0.2) is 4.57 Å². The third-order valence-electron chi connectivity index (χ3n) is 5.05. The molecule has 0 amide bonds. The molecular formula is C27H35NSi+. The molecule has 1 heterocycles. The largest absolute Gasteiger partial charge is 0.212 e. The van der Waals surface area contributed by atoms with E-state index in [2.05, 4.69) is 44.3 Å². The molecule has 1 aromatic heterocycles. The van der Waals surface area contributed by atoms with Gasteiger partial charge in [0, 0.05) is 24.0 Å². The van der Waals surface area contributed by atoms with Crippen LogP contribution in [0.25, 0.3) is 22.4 Å².